The van der Waals surface area contributed by atoms with E-state index in [9.17, 15) is 9.59 Å². The van der Waals surface area contributed by atoms with Gasteiger partial charge in [-0.1, -0.05) is 0 Å². The second-order valence-electron chi connectivity index (χ2n) is 10.9. The number of likely N-dealkylation sites (tertiary alicyclic amines) is 1. The van der Waals surface area contributed by atoms with Crippen LogP contribution in [0.25, 0.3) is 0 Å². The van der Waals surface area contributed by atoms with E-state index in [0.717, 1.165) is 79.1 Å². The number of H-pyrrole nitrogens is 1. The molecule has 2 fully saturated rings. The average molecular weight is 537 g/mol. The van der Waals surface area contributed by atoms with Gasteiger partial charge in [-0.15, -0.1) is 0 Å². The Labute approximate surface area is 231 Å². The van der Waals surface area contributed by atoms with Gasteiger partial charge < -0.3 is 30.7 Å². The number of nitrogens with one attached hydrogen (secondary N) is 4. The number of ether oxygens (including phenoxy) is 1. The Bertz CT molecular complexity index is 1260. The summed E-state index contributed by atoms with van der Waals surface area (Å²) in [5, 5.41) is 14.5. The summed E-state index contributed by atoms with van der Waals surface area (Å²) in [6, 6.07) is 4.80. The lowest BCUT2D eigenvalue weighted by molar-refractivity contribution is -0.0578. The number of carbonyl (C=O) groups excluding carboxylic acids is 1. The number of nitrogens with zero attached hydrogens (tertiary/aromatic N) is 2. The Hall–Kier alpha value is -3.17. The minimum Gasteiger partial charge on any atom is -0.387 e. The molecule has 1 aliphatic heterocycles. The Morgan fingerprint density at radius 2 is 1.90 bits per heavy atom. The molecule has 1 amide bonds. The van der Waals surface area contributed by atoms with Gasteiger partial charge in [0.15, 0.2) is 0 Å². The van der Waals surface area contributed by atoms with Gasteiger partial charge in [0, 0.05) is 92.4 Å². The number of pyridine rings is 1. The molecule has 1 aromatic heterocycles. The molecule has 0 bridgehead atoms. The van der Waals surface area contributed by atoms with Crippen LogP contribution < -0.4 is 21.1 Å². The third-order valence-electron chi connectivity index (χ3n) is 8.65. The minimum atomic E-state index is -0.230. The first-order valence-corrected chi connectivity index (χ1v) is 14.1. The molecule has 0 spiro atoms. The zero-order valence-electron chi connectivity index (χ0n) is 24.2. The SMILES string of the molecule is CCN(c1cc(C(=O)NCc2c(C)cc(C)[nH]c2=O)c(C)c(NC)c1C=N)C1CCC(N2CC(OC)C2)CC1. The van der Waals surface area contributed by atoms with E-state index in [1.165, 1.54) is 6.21 Å². The highest BCUT2D eigenvalue weighted by molar-refractivity contribution is 6.03. The van der Waals surface area contributed by atoms with Crippen molar-refractivity contribution in [2.24, 2.45) is 0 Å². The van der Waals surface area contributed by atoms with E-state index in [2.05, 4.69) is 32.3 Å². The standard InChI is InChI=1S/C30H44N6O3/c1-7-36(22-10-8-21(9-11-22)35-16-23(17-35)39-6)27-13-24(20(4)28(32-5)25(27)14-31)29(37)33-15-26-18(2)12-19(3)34-30(26)38/h12-14,21-23,31-32H,7-11,15-17H2,1-6H3,(H,33,37)(H,34,38). The zero-order valence-corrected chi connectivity index (χ0v) is 24.2. The molecule has 212 valence electrons. The lowest BCUT2D eigenvalue weighted by atomic mass is 9.86. The number of hydrogen-bond acceptors (Lipinski definition) is 7. The van der Waals surface area contributed by atoms with Crippen molar-refractivity contribution in [3.05, 3.63) is 56.0 Å². The largest absolute Gasteiger partial charge is 0.387 e. The Kier molecular flexibility index (Phi) is 9.12. The van der Waals surface area contributed by atoms with Crippen LogP contribution in [0, 0.1) is 26.2 Å². The average Bonchev–Trinajstić information content (AvgIpc) is 2.88. The summed E-state index contributed by atoms with van der Waals surface area (Å²) in [6.07, 6.45) is 6.19. The van der Waals surface area contributed by atoms with Gasteiger partial charge in [0.05, 0.1) is 6.10 Å². The van der Waals surface area contributed by atoms with Gasteiger partial charge in [-0.2, -0.15) is 0 Å². The quantitative estimate of drug-likeness (QED) is 0.344. The zero-order chi connectivity index (χ0) is 28.3. The van der Waals surface area contributed by atoms with Gasteiger partial charge in [-0.05, 0) is 76.6 Å². The predicted octanol–water partition coefficient (Wildman–Crippen LogP) is 3.74. The van der Waals surface area contributed by atoms with Gasteiger partial charge in [0.1, 0.15) is 0 Å². The molecule has 0 radical (unpaired) electrons. The first-order chi connectivity index (χ1) is 18.7. The minimum absolute atomic E-state index is 0.151. The van der Waals surface area contributed by atoms with Crippen LogP contribution in [-0.4, -0.2) is 74.0 Å². The Balaban J connectivity index is 1.57. The highest BCUT2D eigenvalue weighted by atomic mass is 16.5. The van der Waals surface area contributed by atoms with Crippen molar-refractivity contribution < 1.29 is 9.53 Å². The number of amides is 1. The highest BCUT2D eigenvalue weighted by Gasteiger charge is 2.36. The van der Waals surface area contributed by atoms with Gasteiger partial charge in [0.25, 0.3) is 11.5 Å². The molecule has 9 nitrogen and oxygen atoms in total. The van der Waals surface area contributed by atoms with Crippen LogP contribution in [0.1, 0.15) is 70.9 Å². The van der Waals surface area contributed by atoms with Gasteiger partial charge >= 0.3 is 0 Å². The second kappa shape index (κ2) is 12.3. The molecule has 0 unspecified atom stereocenters. The van der Waals surface area contributed by atoms with Crippen molar-refractivity contribution in [2.75, 3.05) is 44.0 Å². The summed E-state index contributed by atoms with van der Waals surface area (Å²) in [5.41, 5.74) is 5.87. The van der Waals surface area contributed by atoms with Gasteiger partial charge in [-0.25, -0.2) is 0 Å². The molecule has 1 saturated heterocycles. The van der Waals surface area contributed by atoms with Crippen LogP contribution in [0.2, 0.25) is 0 Å². The third-order valence-corrected chi connectivity index (χ3v) is 8.65. The van der Waals surface area contributed by atoms with E-state index in [-0.39, 0.29) is 18.0 Å². The summed E-state index contributed by atoms with van der Waals surface area (Å²) < 4.78 is 5.46. The summed E-state index contributed by atoms with van der Waals surface area (Å²) in [5.74, 6) is -0.230. The second-order valence-corrected chi connectivity index (χ2v) is 10.9. The summed E-state index contributed by atoms with van der Waals surface area (Å²) in [6.45, 7) is 10.8. The Morgan fingerprint density at radius 3 is 2.46 bits per heavy atom. The molecule has 1 aliphatic carbocycles. The molecular weight excluding hydrogens is 492 g/mol. The lowest BCUT2D eigenvalue weighted by Gasteiger charge is -2.47. The lowest BCUT2D eigenvalue weighted by Crippen LogP contribution is -2.57. The molecule has 2 aromatic rings. The summed E-state index contributed by atoms with van der Waals surface area (Å²) in [4.78, 5) is 33.7. The van der Waals surface area contributed by atoms with Crippen LogP contribution in [-0.2, 0) is 11.3 Å². The molecule has 9 heteroatoms. The molecule has 0 atom stereocenters. The van der Waals surface area contributed by atoms with E-state index in [4.69, 9.17) is 10.1 Å². The fourth-order valence-corrected chi connectivity index (χ4v) is 6.37. The maximum Gasteiger partial charge on any atom is 0.253 e. The van der Waals surface area contributed by atoms with Crippen LogP contribution in [0.15, 0.2) is 16.9 Å². The predicted molar refractivity (Wildman–Crippen MR) is 158 cm³/mol. The van der Waals surface area contributed by atoms with E-state index >= 15 is 0 Å². The summed E-state index contributed by atoms with van der Waals surface area (Å²) >= 11 is 0. The van der Waals surface area contributed by atoms with Crippen molar-refractivity contribution in [1.82, 2.24) is 15.2 Å². The molecule has 39 heavy (non-hydrogen) atoms. The van der Waals surface area contributed by atoms with E-state index in [1.54, 1.807) is 7.11 Å². The number of methoxy groups -OCH3 is 1. The summed E-state index contributed by atoms with van der Waals surface area (Å²) in [7, 11) is 3.62. The van der Waals surface area contributed by atoms with Crippen molar-refractivity contribution in [1.29, 1.82) is 5.41 Å². The number of aromatic amines is 1. The number of rotatable bonds is 10. The number of carbonyl (C=O) groups is 1. The smallest absolute Gasteiger partial charge is 0.253 e. The van der Waals surface area contributed by atoms with Crippen molar-refractivity contribution in [3.63, 3.8) is 0 Å². The van der Waals surface area contributed by atoms with Crippen molar-refractivity contribution in [3.8, 4) is 0 Å². The van der Waals surface area contributed by atoms with Crippen LogP contribution in [0.3, 0.4) is 0 Å². The highest BCUT2D eigenvalue weighted by Crippen LogP contribution is 2.37. The third kappa shape index (κ3) is 5.89. The van der Waals surface area contributed by atoms with Crippen molar-refractivity contribution >= 4 is 23.5 Å². The van der Waals surface area contributed by atoms with Crippen LogP contribution in [0.5, 0.6) is 0 Å². The molecule has 1 aromatic carbocycles. The molecule has 4 rings (SSSR count). The number of anilines is 2. The van der Waals surface area contributed by atoms with Crippen molar-refractivity contribution in [2.45, 2.75) is 78.1 Å². The Morgan fingerprint density at radius 1 is 1.21 bits per heavy atom. The normalized spacial score (nSPS) is 19.8. The molecule has 4 N–H and O–H groups in total. The van der Waals surface area contributed by atoms with Gasteiger partial charge in [0.2, 0.25) is 0 Å². The first-order valence-electron chi connectivity index (χ1n) is 14.1. The number of aromatic nitrogens is 1. The van der Waals surface area contributed by atoms with Gasteiger partial charge in [-0.3, -0.25) is 14.5 Å². The topological polar surface area (TPSA) is 114 Å². The fourth-order valence-electron chi connectivity index (χ4n) is 6.37. The maximum absolute atomic E-state index is 13.5. The van der Waals surface area contributed by atoms with Crippen LogP contribution in [0.4, 0.5) is 11.4 Å². The van der Waals surface area contributed by atoms with E-state index in [0.29, 0.717) is 29.3 Å². The molecular formula is C30H44N6O3. The maximum atomic E-state index is 13.5. The molecule has 1 saturated carbocycles. The first kappa shape index (κ1) is 28.8. The molecule has 2 heterocycles. The van der Waals surface area contributed by atoms with E-state index in [1.807, 2.05) is 40.0 Å². The number of aryl methyl sites for hydroxylation is 2. The van der Waals surface area contributed by atoms with E-state index < -0.39 is 0 Å². The monoisotopic (exact) mass is 536 g/mol. The fraction of sp³-hybridized carbons (Fsp3) is 0.567. The van der Waals surface area contributed by atoms with Crippen LogP contribution >= 0.6 is 0 Å². The number of hydrogen-bond donors (Lipinski definition) is 4. The molecule has 2 aliphatic rings. The number of benzene rings is 1.